The summed E-state index contributed by atoms with van der Waals surface area (Å²) in [5, 5.41) is 0. The van der Waals surface area contributed by atoms with Gasteiger partial charge in [-0.2, -0.15) is 0 Å². The lowest BCUT2D eigenvalue weighted by atomic mass is 9.89. The molecule has 0 bridgehead atoms. The molecule has 5 heteroatoms. The Labute approximate surface area is 134 Å². The van der Waals surface area contributed by atoms with Gasteiger partial charge in [0.2, 0.25) is 11.8 Å². The lowest BCUT2D eigenvalue weighted by Crippen LogP contribution is -2.50. The molecule has 0 saturated carbocycles. The van der Waals surface area contributed by atoms with Crippen molar-refractivity contribution in [2.24, 2.45) is 5.92 Å². The fourth-order valence-corrected chi connectivity index (χ4v) is 2.74. The van der Waals surface area contributed by atoms with Crippen molar-refractivity contribution >= 4 is 29.0 Å². The second-order valence-corrected chi connectivity index (χ2v) is 5.44. The number of benzene rings is 2. The predicted octanol–water partition coefficient (Wildman–Crippen LogP) is 2.12. The molecule has 2 aromatic rings. The average molecular weight is 308 g/mol. The molecule has 1 aliphatic heterocycles. The normalized spacial score (nSPS) is 17.0. The number of carbonyl (C=O) groups is 3. The molecule has 2 amide bonds. The second-order valence-electron chi connectivity index (χ2n) is 5.44. The van der Waals surface area contributed by atoms with Crippen LogP contribution in [-0.2, 0) is 9.59 Å². The van der Waals surface area contributed by atoms with Gasteiger partial charge in [0.25, 0.3) is 0 Å². The van der Waals surface area contributed by atoms with Crippen LogP contribution in [0.25, 0.3) is 0 Å². The van der Waals surface area contributed by atoms with Crippen LogP contribution in [0.3, 0.4) is 0 Å². The molecule has 0 radical (unpaired) electrons. The lowest BCUT2D eigenvalue weighted by molar-refractivity contribution is -0.130. The molecule has 0 aromatic heterocycles. The maximum Gasteiger partial charge on any atom is 0.247 e. The zero-order chi connectivity index (χ0) is 16.6. The van der Waals surface area contributed by atoms with E-state index in [4.69, 9.17) is 0 Å². The number of ketones is 1. The highest BCUT2D eigenvalue weighted by Crippen LogP contribution is 2.30. The van der Waals surface area contributed by atoms with Crippen LogP contribution in [0.5, 0.6) is 0 Å². The molecule has 1 unspecified atom stereocenters. The first-order chi connectivity index (χ1) is 11.0. The summed E-state index contributed by atoms with van der Waals surface area (Å²) in [5.74, 6) is -2.80. The van der Waals surface area contributed by atoms with Gasteiger partial charge in [0, 0.05) is 25.3 Å². The van der Waals surface area contributed by atoms with Crippen molar-refractivity contribution in [2.75, 3.05) is 23.9 Å². The molecule has 3 rings (SSSR count). The lowest BCUT2D eigenvalue weighted by Gasteiger charge is -2.31. The van der Waals surface area contributed by atoms with Gasteiger partial charge in [-0.3, -0.25) is 14.4 Å². The van der Waals surface area contributed by atoms with Crippen LogP contribution in [-0.4, -0.2) is 31.7 Å². The number of Topliss-reactive ketones (excluding diaryl/α,β-unsaturated/α-hetero) is 1. The second kappa shape index (κ2) is 5.68. The number of fused-ring (bicyclic) bond motifs is 1. The van der Waals surface area contributed by atoms with Crippen molar-refractivity contribution < 1.29 is 14.4 Å². The Morgan fingerprint density at radius 3 is 2.30 bits per heavy atom. The Morgan fingerprint density at radius 2 is 1.61 bits per heavy atom. The molecule has 0 N–H and O–H groups in total. The number of carbonyl (C=O) groups excluding carboxylic acids is 3. The van der Waals surface area contributed by atoms with Gasteiger partial charge in [-0.1, -0.05) is 30.3 Å². The molecule has 0 saturated heterocycles. The molecular weight excluding hydrogens is 292 g/mol. The van der Waals surface area contributed by atoms with E-state index in [0.717, 1.165) is 0 Å². The van der Waals surface area contributed by atoms with Crippen LogP contribution < -0.4 is 9.80 Å². The van der Waals surface area contributed by atoms with Crippen molar-refractivity contribution in [1.82, 2.24) is 0 Å². The number of rotatable bonds is 2. The molecule has 116 valence electrons. The monoisotopic (exact) mass is 308 g/mol. The van der Waals surface area contributed by atoms with Crippen molar-refractivity contribution in [1.29, 1.82) is 0 Å². The topological polar surface area (TPSA) is 57.7 Å². The van der Waals surface area contributed by atoms with E-state index in [1.807, 2.05) is 6.07 Å². The van der Waals surface area contributed by atoms with Gasteiger partial charge in [-0.25, -0.2) is 0 Å². The Morgan fingerprint density at radius 1 is 1.00 bits per heavy atom. The molecular formula is C18H16N2O3. The average Bonchev–Trinajstić information content (AvgIpc) is 2.60. The summed E-state index contributed by atoms with van der Waals surface area (Å²) in [6.07, 6.45) is 0. The van der Waals surface area contributed by atoms with Gasteiger partial charge in [0.05, 0.1) is 5.69 Å². The molecule has 0 aliphatic carbocycles. The number of amides is 2. The highest BCUT2D eigenvalue weighted by molar-refractivity contribution is 6.32. The van der Waals surface area contributed by atoms with Crippen LogP contribution in [0.4, 0.5) is 11.4 Å². The molecule has 2 aromatic carbocycles. The minimum absolute atomic E-state index is 0.398. The Hall–Kier alpha value is -2.95. The summed E-state index contributed by atoms with van der Waals surface area (Å²) in [6, 6.07) is 15.8. The van der Waals surface area contributed by atoms with Gasteiger partial charge in [0.1, 0.15) is 0 Å². The van der Waals surface area contributed by atoms with Gasteiger partial charge in [-0.05, 0) is 24.3 Å². The maximum atomic E-state index is 12.7. The first kappa shape index (κ1) is 15.0. The predicted molar refractivity (Wildman–Crippen MR) is 87.5 cm³/mol. The Bertz CT molecular complexity index is 786. The summed E-state index contributed by atoms with van der Waals surface area (Å²) in [7, 11) is 3.15. The van der Waals surface area contributed by atoms with Crippen molar-refractivity contribution in [2.45, 2.75) is 0 Å². The number of para-hydroxylation sites is 2. The molecule has 5 nitrogen and oxygen atoms in total. The highest BCUT2D eigenvalue weighted by Gasteiger charge is 2.43. The standard InChI is InChI=1S/C18H16N2O3/c1-19(12-8-4-3-5-9-12)17(22)15-16(21)13-10-6-7-11-14(13)20(2)18(15)23/h3-11,15H,1-2H3. The fourth-order valence-electron chi connectivity index (χ4n) is 2.74. The van der Waals surface area contributed by atoms with E-state index in [2.05, 4.69) is 0 Å². The minimum atomic E-state index is -1.33. The summed E-state index contributed by atoms with van der Waals surface area (Å²) < 4.78 is 0. The number of nitrogens with zero attached hydrogens (tertiary/aromatic N) is 2. The quantitative estimate of drug-likeness (QED) is 0.799. The van der Waals surface area contributed by atoms with Crippen molar-refractivity contribution in [3.63, 3.8) is 0 Å². The van der Waals surface area contributed by atoms with Gasteiger partial charge in [-0.15, -0.1) is 0 Å². The van der Waals surface area contributed by atoms with Gasteiger partial charge < -0.3 is 9.80 Å². The number of anilines is 2. The third kappa shape index (κ3) is 2.40. The van der Waals surface area contributed by atoms with Crippen LogP contribution in [0.1, 0.15) is 10.4 Å². The molecule has 1 atom stereocenters. The molecule has 1 aliphatic rings. The molecule has 0 spiro atoms. The van der Waals surface area contributed by atoms with E-state index >= 15 is 0 Å². The SMILES string of the molecule is CN(C(=O)C1C(=O)c2ccccc2N(C)C1=O)c1ccccc1. The summed E-state index contributed by atoms with van der Waals surface area (Å²) in [5.41, 5.74) is 1.57. The third-order valence-corrected chi connectivity index (χ3v) is 4.09. The summed E-state index contributed by atoms with van der Waals surface area (Å²) in [6.45, 7) is 0. The number of hydrogen-bond acceptors (Lipinski definition) is 3. The fraction of sp³-hybridized carbons (Fsp3) is 0.167. The molecule has 23 heavy (non-hydrogen) atoms. The van der Waals surface area contributed by atoms with E-state index in [0.29, 0.717) is 16.9 Å². The molecule has 0 fully saturated rings. The first-order valence-corrected chi connectivity index (χ1v) is 7.26. The van der Waals surface area contributed by atoms with E-state index < -0.39 is 23.5 Å². The van der Waals surface area contributed by atoms with E-state index in [1.165, 1.54) is 9.80 Å². The minimum Gasteiger partial charge on any atom is -0.314 e. The van der Waals surface area contributed by atoms with Crippen molar-refractivity contribution in [3.05, 3.63) is 60.2 Å². The van der Waals surface area contributed by atoms with E-state index in [9.17, 15) is 14.4 Å². The van der Waals surface area contributed by atoms with Crippen LogP contribution in [0.15, 0.2) is 54.6 Å². The van der Waals surface area contributed by atoms with Crippen LogP contribution in [0, 0.1) is 5.92 Å². The zero-order valence-corrected chi connectivity index (χ0v) is 12.9. The zero-order valence-electron chi connectivity index (χ0n) is 12.9. The van der Waals surface area contributed by atoms with Crippen molar-refractivity contribution in [3.8, 4) is 0 Å². The maximum absolute atomic E-state index is 12.7. The van der Waals surface area contributed by atoms with Gasteiger partial charge >= 0.3 is 0 Å². The summed E-state index contributed by atoms with van der Waals surface area (Å²) >= 11 is 0. The molecule has 1 heterocycles. The van der Waals surface area contributed by atoms with E-state index in [1.54, 1.807) is 62.6 Å². The Kier molecular flexibility index (Phi) is 3.70. The highest BCUT2D eigenvalue weighted by atomic mass is 16.2. The first-order valence-electron chi connectivity index (χ1n) is 7.26. The van der Waals surface area contributed by atoms with Crippen LogP contribution >= 0.6 is 0 Å². The third-order valence-electron chi connectivity index (χ3n) is 4.09. The Balaban J connectivity index is 1.98. The summed E-state index contributed by atoms with van der Waals surface area (Å²) in [4.78, 5) is 40.6. The van der Waals surface area contributed by atoms with E-state index in [-0.39, 0.29) is 0 Å². The number of hydrogen-bond donors (Lipinski definition) is 0. The largest absolute Gasteiger partial charge is 0.314 e. The smallest absolute Gasteiger partial charge is 0.247 e. The van der Waals surface area contributed by atoms with Crippen LogP contribution in [0.2, 0.25) is 0 Å². The van der Waals surface area contributed by atoms with Gasteiger partial charge in [0.15, 0.2) is 11.7 Å².